The van der Waals surface area contributed by atoms with Gasteiger partial charge in [-0.25, -0.2) is 4.99 Å². The van der Waals surface area contributed by atoms with E-state index in [1.807, 2.05) is 25.1 Å². The Balaban J connectivity index is 1.69. The Kier molecular flexibility index (Phi) is 6.89. The molecular formula is C21H27N5O3. The highest BCUT2D eigenvalue weighted by atomic mass is 16.6. The number of hydrogen-bond donors (Lipinski definition) is 1. The van der Waals surface area contributed by atoms with Crippen LogP contribution in [-0.4, -0.2) is 55.6 Å². The van der Waals surface area contributed by atoms with Crippen molar-refractivity contribution in [3.8, 4) is 5.75 Å². The molecule has 154 valence electrons. The highest BCUT2D eigenvalue weighted by Crippen LogP contribution is 2.28. The SMILES string of the molecule is CCNC(=NCc1ccccc1[N+](=O)[O-])N1CCN(c2ccccc2OC)CC1. The van der Waals surface area contributed by atoms with Crippen molar-refractivity contribution in [1.29, 1.82) is 0 Å². The average Bonchev–Trinajstić information content (AvgIpc) is 2.77. The maximum Gasteiger partial charge on any atom is 0.274 e. The van der Waals surface area contributed by atoms with E-state index in [-0.39, 0.29) is 17.2 Å². The summed E-state index contributed by atoms with van der Waals surface area (Å²) in [6.45, 7) is 6.33. The van der Waals surface area contributed by atoms with Crippen LogP contribution in [0.3, 0.4) is 0 Å². The second-order valence-electron chi connectivity index (χ2n) is 6.70. The molecule has 1 saturated heterocycles. The van der Waals surface area contributed by atoms with Gasteiger partial charge in [0.2, 0.25) is 0 Å². The number of nitrogens with zero attached hydrogens (tertiary/aromatic N) is 4. The van der Waals surface area contributed by atoms with E-state index in [1.165, 1.54) is 6.07 Å². The summed E-state index contributed by atoms with van der Waals surface area (Å²) in [5, 5.41) is 14.5. The Hall–Kier alpha value is -3.29. The number of benzene rings is 2. The molecule has 0 aliphatic carbocycles. The molecular weight excluding hydrogens is 370 g/mol. The molecule has 0 spiro atoms. The molecule has 1 heterocycles. The number of aliphatic imine (C=N–C) groups is 1. The van der Waals surface area contributed by atoms with Crippen molar-refractivity contribution >= 4 is 17.3 Å². The third-order valence-corrected chi connectivity index (χ3v) is 4.93. The first-order valence-electron chi connectivity index (χ1n) is 9.77. The van der Waals surface area contributed by atoms with E-state index in [2.05, 4.69) is 26.2 Å². The van der Waals surface area contributed by atoms with Crippen molar-refractivity contribution in [2.24, 2.45) is 4.99 Å². The van der Waals surface area contributed by atoms with Gasteiger partial charge in [0.15, 0.2) is 5.96 Å². The Labute approximate surface area is 170 Å². The van der Waals surface area contributed by atoms with Gasteiger partial charge < -0.3 is 19.9 Å². The lowest BCUT2D eigenvalue weighted by Gasteiger charge is -2.38. The Morgan fingerprint density at radius 1 is 1.14 bits per heavy atom. The van der Waals surface area contributed by atoms with E-state index in [0.29, 0.717) is 5.56 Å². The quantitative estimate of drug-likeness (QED) is 0.349. The van der Waals surface area contributed by atoms with Crippen molar-refractivity contribution in [3.05, 3.63) is 64.2 Å². The fourth-order valence-corrected chi connectivity index (χ4v) is 3.46. The average molecular weight is 397 g/mol. The monoisotopic (exact) mass is 397 g/mol. The number of nitro groups is 1. The van der Waals surface area contributed by atoms with Crippen LogP contribution >= 0.6 is 0 Å². The number of methoxy groups -OCH3 is 1. The summed E-state index contributed by atoms with van der Waals surface area (Å²) in [5.74, 6) is 1.66. The van der Waals surface area contributed by atoms with Gasteiger partial charge in [0.05, 0.1) is 29.8 Å². The topological polar surface area (TPSA) is 83.2 Å². The number of nitro benzene ring substituents is 1. The maximum atomic E-state index is 11.2. The number of ether oxygens (including phenoxy) is 1. The second kappa shape index (κ2) is 9.77. The number of anilines is 1. The lowest BCUT2D eigenvalue weighted by atomic mass is 10.2. The Morgan fingerprint density at radius 3 is 2.52 bits per heavy atom. The van der Waals surface area contributed by atoms with Crippen molar-refractivity contribution in [1.82, 2.24) is 10.2 Å². The summed E-state index contributed by atoms with van der Waals surface area (Å²) >= 11 is 0. The Bertz CT molecular complexity index is 863. The molecule has 1 aliphatic heterocycles. The van der Waals surface area contributed by atoms with E-state index in [1.54, 1.807) is 25.3 Å². The minimum Gasteiger partial charge on any atom is -0.495 e. The summed E-state index contributed by atoms with van der Waals surface area (Å²) in [6.07, 6.45) is 0. The normalized spacial score (nSPS) is 14.6. The molecule has 8 nitrogen and oxygen atoms in total. The van der Waals surface area contributed by atoms with Crippen molar-refractivity contribution < 1.29 is 9.66 Å². The molecule has 1 fully saturated rings. The fourth-order valence-electron chi connectivity index (χ4n) is 3.46. The van der Waals surface area contributed by atoms with Gasteiger partial charge in [0.25, 0.3) is 5.69 Å². The molecule has 29 heavy (non-hydrogen) atoms. The highest BCUT2D eigenvalue weighted by Gasteiger charge is 2.22. The maximum absolute atomic E-state index is 11.2. The third kappa shape index (κ3) is 4.96. The molecule has 0 saturated carbocycles. The zero-order chi connectivity index (χ0) is 20.6. The smallest absolute Gasteiger partial charge is 0.274 e. The van der Waals surface area contributed by atoms with Gasteiger partial charge in [0, 0.05) is 38.8 Å². The molecule has 0 aromatic heterocycles. The van der Waals surface area contributed by atoms with Gasteiger partial charge in [-0.3, -0.25) is 10.1 Å². The zero-order valence-electron chi connectivity index (χ0n) is 16.9. The molecule has 8 heteroatoms. The third-order valence-electron chi connectivity index (χ3n) is 4.93. The summed E-state index contributed by atoms with van der Waals surface area (Å²) in [6, 6.07) is 14.8. The standard InChI is InChI=1S/C21H27N5O3/c1-3-22-21(23-16-17-8-4-5-9-18(17)26(27)28)25-14-12-24(13-15-25)19-10-6-7-11-20(19)29-2/h4-11H,3,12-16H2,1-2H3,(H,22,23). The first-order chi connectivity index (χ1) is 14.1. The van der Waals surface area contributed by atoms with Crippen LogP contribution in [-0.2, 0) is 6.54 Å². The first kappa shape index (κ1) is 20.4. The lowest BCUT2D eigenvalue weighted by Crippen LogP contribution is -2.52. The van der Waals surface area contributed by atoms with Crippen LogP contribution in [0.25, 0.3) is 0 Å². The van der Waals surface area contributed by atoms with Crippen LogP contribution in [0.1, 0.15) is 12.5 Å². The van der Waals surface area contributed by atoms with Crippen LogP contribution in [0, 0.1) is 10.1 Å². The number of nitrogens with one attached hydrogen (secondary N) is 1. The second-order valence-corrected chi connectivity index (χ2v) is 6.70. The van der Waals surface area contributed by atoms with Crippen LogP contribution in [0.2, 0.25) is 0 Å². The molecule has 0 radical (unpaired) electrons. The highest BCUT2D eigenvalue weighted by molar-refractivity contribution is 5.80. The zero-order valence-corrected chi connectivity index (χ0v) is 16.9. The van der Waals surface area contributed by atoms with Gasteiger partial charge in [-0.15, -0.1) is 0 Å². The summed E-state index contributed by atoms with van der Waals surface area (Å²) in [5.41, 5.74) is 1.81. The fraction of sp³-hybridized carbons (Fsp3) is 0.381. The van der Waals surface area contributed by atoms with Crippen LogP contribution < -0.4 is 15.0 Å². The van der Waals surface area contributed by atoms with E-state index in [4.69, 9.17) is 4.74 Å². The molecule has 0 atom stereocenters. The minimum absolute atomic E-state index is 0.105. The molecule has 0 bridgehead atoms. The van der Waals surface area contributed by atoms with Gasteiger partial charge in [0.1, 0.15) is 5.75 Å². The molecule has 3 rings (SSSR count). The first-order valence-corrected chi connectivity index (χ1v) is 9.77. The molecule has 2 aromatic rings. The molecule has 0 unspecified atom stereocenters. The molecule has 2 aromatic carbocycles. The number of hydrogen-bond acceptors (Lipinski definition) is 5. The van der Waals surface area contributed by atoms with Crippen LogP contribution in [0.4, 0.5) is 11.4 Å². The lowest BCUT2D eigenvalue weighted by molar-refractivity contribution is -0.385. The van der Waals surface area contributed by atoms with Crippen molar-refractivity contribution in [3.63, 3.8) is 0 Å². The minimum atomic E-state index is -0.357. The van der Waals surface area contributed by atoms with Gasteiger partial charge in [-0.2, -0.15) is 0 Å². The van der Waals surface area contributed by atoms with Crippen LogP contribution in [0.15, 0.2) is 53.5 Å². The number of para-hydroxylation sites is 3. The number of piperazine rings is 1. The number of rotatable bonds is 6. The van der Waals surface area contributed by atoms with Gasteiger partial charge in [-0.1, -0.05) is 30.3 Å². The van der Waals surface area contributed by atoms with Crippen LogP contribution in [0.5, 0.6) is 5.75 Å². The summed E-state index contributed by atoms with van der Waals surface area (Å²) in [4.78, 5) is 20.0. The predicted molar refractivity (Wildman–Crippen MR) is 115 cm³/mol. The molecule has 0 amide bonds. The summed E-state index contributed by atoms with van der Waals surface area (Å²) < 4.78 is 5.48. The van der Waals surface area contributed by atoms with Gasteiger partial charge >= 0.3 is 0 Å². The van der Waals surface area contributed by atoms with E-state index < -0.39 is 0 Å². The summed E-state index contributed by atoms with van der Waals surface area (Å²) in [7, 11) is 1.69. The van der Waals surface area contributed by atoms with Crippen molar-refractivity contribution in [2.75, 3.05) is 44.7 Å². The number of guanidine groups is 1. The molecule has 1 aliphatic rings. The van der Waals surface area contributed by atoms with Gasteiger partial charge in [-0.05, 0) is 19.1 Å². The van der Waals surface area contributed by atoms with E-state index in [0.717, 1.165) is 50.1 Å². The van der Waals surface area contributed by atoms with Crippen molar-refractivity contribution in [2.45, 2.75) is 13.5 Å². The predicted octanol–water partition coefficient (Wildman–Crippen LogP) is 2.89. The van der Waals surface area contributed by atoms with E-state index >= 15 is 0 Å². The van der Waals surface area contributed by atoms with E-state index in [9.17, 15) is 10.1 Å². The Morgan fingerprint density at radius 2 is 1.83 bits per heavy atom. The molecule has 1 N–H and O–H groups in total. The largest absolute Gasteiger partial charge is 0.495 e.